The normalized spacial score (nSPS) is 12.5. The van der Waals surface area contributed by atoms with Gasteiger partial charge in [0.15, 0.2) is 0 Å². The Balaban J connectivity index is 1.32. The number of hydrogen-bond donors (Lipinski definition) is 1. The Kier molecular flexibility index (Phi) is 6.15. The molecule has 0 atom stereocenters. The zero-order valence-corrected chi connectivity index (χ0v) is 24.2. The van der Waals surface area contributed by atoms with Gasteiger partial charge in [0.25, 0.3) is 0 Å². The first-order valence-electron chi connectivity index (χ1n) is 14.3. The van der Waals surface area contributed by atoms with Crippen LogP contribution in [0.5, 0.6) is 0 Å². The lowest BCUT2D eigenvalue weighted by molar-refractivity contribution is -0.0893. The molecule has 0 radical (unpaired) electrons. The Morgan fingerprint density at radius 3 is 1.79 bits per heavy atom. The highest BCUT2D eigenvalue weighted by Crippen LogP contribution is 2.40. The van der Waals surface area contributed by atoms with Gasteiger partial charge in [-0.25, -0.2) is 0 Å². The molecule has 5 nitrogen and oxygen atoms in total. The summed E-state index contributed by atoms with van der Waals surface area (Å²) in [6.07, 6.45) is 0. The van der Waals surface area contributed by atoms with Crippen molar-refractivity contribution in [3.05, 3.63) is 109 Å². The quantitative estimate of drug-likeness (QED) is 0.201. The zero-order valence-electron chi connectivity index (χ0n) is 24.2. The molecule has 0 amide bonds. The molecule has 6 heteroatoms. The van der Waals surface area contributed by atoms with Crippen LogP contribution in [0.15, 0.2) is 118 Å². The Hall–Kier alpha value is -4.52. The summed E-state index contributed by atoms with van der Waals surface area (Å²) in [6.45, 7) is 7.36. The van der Waals surface area contributed by atoms with Crippen molar-refractivity contribution in [2.45, 2.75) is 38.9 Å². The molecule has 2 aromatic heterocycles. The highest BCUT2D eigenvalue weighted by atomic mass is 16.5. The minimum Gasteiger partial charge on any atom is -0.456 e. The van der Waals surface area contributed by atoms with Gasteiger partial charge in [0, 0.05) is 44.7 Å². The number of furan rings is 2. The van der Waals surface area contributed by atoms with Crippen LogP contribution in [-0.4, -0.2) is 23.8 Å². The highest BCUT2D eigenvalue weighted by molar-refractivity contribution is 6.47. The van der Waals surface area contributed by atoms with Gasteiger partial charge in [-0.05, 0) is 82.3 Å². The lowest BCUT2D eigenvalue weighted by atomic mass is 9.82. The lowest BCUT2D eigenvalue weighted by Crippen LogP contribution is -2.49. The number of hydrogen-bond acceptors (Lipinski definition) is 5. The standard InChI is InChI=1S/C36H32BNO4/c1-35(2,39)36(3,4)42-37-23-13-15-24(16-14-23)38(25-18-20-33-30(21-25)28-10-6-8-12-32(28)40-33)26-17-19-29-27-9-5-7-11-31(27)41-34(29)22-26/h5-22,37,39H,1-4H3. The van der Waals surface area contributed by atoms with Gasteiger partial charge in [-0.15, -0.1) is 0 Å². The molecule has 0 unspecified atom stereocenters. The van der Waals surface area contributed by atoms with E-state index in [1.165, 1.54) is 0 Å². The fourth-order valence-electron chi connectivity index (χ4n) is 5.34. The number of anilines is 3. The van der Waals surface area contributed by atoms with Crippen LogP contribution in [0, 0.1) is 0 Å². The van der Waals surface area contributed by atoms with Crippen molar-refractivity contribution in [1.82, 2.24) is 0 Å². The predicted octanol–water partition coefficient (Wildman–Crippen LogP) is 8.50. The number of benzene rings is 5. The number of para-hydroxylation sites is 2. The second kappa shape index (κ2) is 9.80. The van der Waals surface area contributed by atoms with E-state index in [1.54, 1.807) is 13.8 Å². The molecule has 2 heterocycles. The smallest absolute Gasteiger partial charge is 0.309 e. The maximum Gasteiger partial charge on any atom is 0.309 e. The summed E-state index contributed by atoms with van der Waals surface area (Å²) in [5.74, 6) is 0. The number of aliphatic hydroxyl groups is 1. The van der Waals surface area contributed by atoms with Crippen LogP contribution in [-0.2, 0) is 4.65 Å². The minimum absolute atomic E-state index is 0.398. The van der Waals surface area contributed by atoms with E-state index in [4.69, 9.17) is 13.5 Å². The molecule has 42 heavy (non-hydrogen) atoms. The van der Waals surface area contributed by atoms with Crippen molar-refractivity contribution in [3.8, 4) is 0 Å². The summed E-state index contributed by atoms with van der Waals surface area (Å²) in [6, 6.07) is 37.3. The van der Waals surface area contributed by atoms with Crippen molar-refractivity contribution >= 4 is 73.9 Å². The van der Waals surface area contributed by atoms with E-state index in [-0.39, 0.29) is 0 Å². The Morgan fingerprint density at radius 1 is 0.571 bits per heavy atom. The number of nitrogens with zero attached hydrogens (tertiary/aromatic N) is 1. The topological polar surface area (TPSA) is 59.0 Å². The molecule has 7 rings (SSSR count). The molecule has 5 aromatic carbocycles. The van der Waals surface area contributed by atoms with E-state index in [1.807, 2.05) is 56.3 Å². The van der Waals surface area contributed by atoms with Crippen molar-refractivity contribution in [2.24, 2.45) is 0 Å². The van der Waals surface area contributed by atoms with Crippen LogP contribution in [0.3, 0.4) is 0 Å². The van der Waals surface area contributed by atoms with Gasteiger partial charge in [0.05, 0.1) is 11.2 Å². The second-order valence-electron chi connectivity index (χ2n) is 11.9. The average Bonchev–Trinajstić information content (AvgIpc) is 3.54. The van der Waals surface area contributed by atoms with Crippen molar-refractivity contribution in [2.75, 3.05) is 4.90 Å². The van der Waals surface area contributed by atoms with Gasteiger partial charge in [-0.3, -0.25) is 0 Å². The predicted molar refractivity (Wildman–Crippen MR) is 174 cm³/mol. The first kappa shape index (κ1) is 26.4. The van der Waals surface area contributed by atoms with E-state index in [9.17, 15) is 5.11 Å². The van der Waals surface area contributed by atoms with Crippen LogP contribution >= 0.6 is 0 Å². The Labute approximate surface area is 245 Å². The molecule has 0 spiro atoms. The largest absolute Gasteiger partial charge is 0.456 e. The molecule has 0 saturated heterocycles. The molecule has 0 aliphatic heterocycles. The molecule has 7 aromatic rings. The molecule has 0 saturated carbocycles. The third-order valence-electron chi connectivity index (χ3n) is 8.51. The van der Waals surface area contributed by atoms with Crippen molar-refractivity contribution in [1.29, 1.82) is 0 Å². The van der Waals surface area contributed by atoms with Gasteiger partial charge in [-0.1, -0.05) is 54.0 Å². The van der Waals surface area contributed by atoms with Gasteiger partial charge < -0.3 is 23.5 Å². The SMILES string of the molecule is CC(C)(O)C(C)(C)OBc1ccc(N(c2ccc3c(c2)oc2ccccc23)c2ccc3oc4ccccc4c3c2)cc1. The second-order valence-corrected chi connectivity index (χ2v) is 11.9. The first-order chi connectivity index (χ1) is 20.2. The molecule has 1 N–H and O–H groups in total. The van der Waals surface area contributed by atoms with E-state index < -0.39 is 11.2 Å². The van der Waals surface area contributed by atoms with Gasteiger partial charge in [-0.2, -0.15) is 0 Å². The Morgan fingerprint density at radius 2 is 1.10 bits per heavy atom. The zero-order chi connectivity index (χ0) is 29.1. The third kappa shape index (κ3) is 4.53. The van der Waals surface area contributed by atoms with Gasteiger partial charge in [0.1, 0.15) is 22.3 Å². The van der Waals surface area contributed by atoms with E-state index in [0.29, 0.717) is 7.48 Å². The maximum absolute atomic E-state index is 10.5. The summed E-state index contributed by atoms with van der Waals surface area (Å²) in [5.41, 5.74) is 5.82. The number of fused-ring (bicyclic) bond motifs is 6. The fourth-order valence-corrected chi connectivity index (χ4v) is 5.34. The molecule has 0 fully saturated rings. The molecular formula is C36H32BNO4. The molecule has 0 aliphatic rings. The fraction of sp³-hybridized carbons (Fsp3) is 0.167. The van der Waals surface area contributed by atoms with Gasteiger partial charge >= 0.3 is 7.48 Å². The molecular weight excluding hydrogens is 521 g/mol. The number of rotatable bonds is 7. The van der Waals surface area contributed by atoms with Crippen LogP contribution in [0.4, 0.5) is 17.1 Å². The third-order valence-corrected chi connectivity index (χ3v) is 8.51. The average molecular weight is 553 g/mol. The van der Waals surface area contributed by atoms with Crippen LogP contribution in [0.25, 0.3) is 43.9 Å². The summed E-state index contributed by atoms with van der Waals surface area (Å²) < 4.78 is 18.5. The van der Waals surface area contributed by atoms with E-state index in [0.717, 1.165) is 66.4 Å². The molecule has 208 valence electrons. The minimum atomic E-state index is -0.963. The Bertz CT molecular complexity index is 2060. The summed E-state index contributed by atoms with van der Waals surface area (Å²) in [4.78, 5) is 2.24. The van der Waals surface area contributed by atoms with E-state index >= 15 is 0 Å². The van der Waals surface area contributed by atoms with Gasteiger partial charge in [0.2, 0.25) is 0 Å². The van der Waals surface area contributed by atoms with Crippen LogP contribution in [0.1, 0.15) is 27.7 Å². The first-order valence-corrected chi connectivity index (χ1v) is 14.3. The summed E-state index contributed by atoms with van der Waals surface area (Å²) in [7, 11) is 0.398. The molecule has 0 aliphatic carbocycles. The van der Waals surface area contributed by atoms with Crippen LogP contribution < -0.4 is 10.4 Å². The maximum atomic E-state index is 10.5. The highest BCUT2D eigenvalue weighted by Gasteiger charge is 2.35. The summed E-state index contributed by atoms with van der Waals surface area (Å²) in [5, 5.41) is 14.8. The van der Waals surface area contributed by atoms with Crippen LogP contribution in [0.2, 0.25) is 0 Å². The van der Waals surface area contributed by atoms with Crippen molar-refractivity contribution < 1.29 is 18.6 Å². The lowest BCUT2D eigenvalue weighted by Gasteiger charge is -2.37. The van der Waals surface area contributed by atoms with E-state index in [2.05, 4.69) is 71.6 Å². The summed E-state index contributed by atoms with van der Waals surface area (Å²) >= 11 is 0. The van der Waals surface area contributed by atoms with Crippen molar-refractivity contribution in [3.63, 3.8) is 0 Å². The monoisotopic (exact) mass is 553 g/mol. The molecule has 0 bridgehead atoms.